The fourth-order valence-electron chi connectivity index (χ4n) is 3.30. The van der Waals surface area contributed by atoms with Crippen LogP contribution in [-0.2, 0) is 0 Å². The van der Waals surface area contributed by atoms with Crippen LogP contribution >= 0.6 is 0 Å². The molecule has 9 heteroatoms. The van der Waals surface area contributed by atoms with Crippen molar-refractivity contribution in [1.82, 2.24) is 0 Å². The van der Waals surface area contributed by atoms with Crippen LogP contribution in [0.3, 0.4) is 0 Å². The van der Waals surface area contributed by atoms with Crippen molar-refractivity contribution in [1.29, 1.82) is 0 Å². The van der Waals surface area contributed by atoms with Gasteiger partial charge in [-0.1, -0.05) is 6.42 Å². The first kappa shape index (κ1) is 15.2. The SMILES string of the molecule is NC1=NC2(CCCCC2)N(c2ccc(F)cc2[N+](=O)[O-])C(N)=N1. The van der Waals surface area contributed by atoms with E-state index in [1.165, 1.54) is 11.0 Å². The van der Waals surface area contributed by atoms with E-state index < -0.39 is 16.4 Å². The first-order chi connectivity index (χ1) is 10.9. The molecule has 2 aliphatic rings. The smallest absolute Gasteiger partial charge is 0.295 e. The van der Waals surface area contributed by atoms with Gasteiger partial charge in [0.2, 0.25) is 11.9 Å². The summed E-state index contributed by atoms with van der Waals surface area (Å²) in [6.45, 7) is 0. The number of nitrogens with zero attached hydrogens (tertiary/aromatic N) is 4. The zero-order valence-corrected chi connectivity index (χ0v) is 12.4. The van der Waals surface area contributed by atoms with Crippen molar-refractivity contribution in [3.63, 3.8) is 0 Å². The van der Waals surface area contributed by atoms with Crippen molar-refractivity contribution in [3.8, 4) is 0 Å². The van der Waals surface area contributed by atoms with Crippen LogP contribution in [0.4, 0.5) is 15.8 Å². The van der Waals surface area contributed by atoms with E-state index in [9.17, 15) is 14.5 Å². The summed E-state index contributed by atoms with van der Waals surface area (Å²) < 4.78 is 13.4. The molecule has 0 radical (unpaired) electrons. The minimum atomic E-state index is -0.795. The molecule has 4 N–H and O–H groups in total. The highest BCUT2D eigenvalue weighted by Crippen LogP contribution is 2.42. The molecule has 1 aliphatic carbocycles. The number of guanidine groups is 2. The summed E-state index contributed by atoms with van der Waals surface area (Å²) in [5.41, 5.74) is 10.8. The minimum Gasteiger partial charge on any atom is -0.369 e. The Balaban J connectivity index is 2.16. The highest BCUT2D eigenvalue weighted by Gasteiger charge is 2.44. The maximum absolute atomic E-state index is 13.4. The van der Waals surface area contributed by atoms with Crippen LogP contribution in [0, 0.1) is 15.9 Å². The topological polar surface area (TPSA) is 123 Å². The number of benzene rings is 1. The van der Waals surface area contributed by atoms with Crippen LogP contribution in [0.1, 0.15) is 32.1 Å². The van der Waals surface area contributed by atoms with Gasteiger partial charge in [0, 0.05) is 0 Å². The Morgan fingerprint density at radius 2 is 1.96 bits per heavy atom. The molecule has 23 heavy (non-hydrogen) atoms. The third-order valence-electron chi connectivity index (χ3n) is 4.23. The number of halogens is 1. The second-order valence-electron chi connectivity index (χ2n) is 5.71. The lowest BCUT2D eigenvalue weighted by molar-refractivity contribution is -0.384. The van der Waals surface area contributed by atoms with Crippen LogP contribution < -0.4 is 16.4 Å². The summed E-state index contributed by atoms with van der Waals surface area (Å²) in [4.78, 5) is 20.6. The number of rotatable bonds is 2. The van der Waals surface area contributed by atoms with E-state index in [1.54, 1.807) is 0 Å². The summed E-state index contributed by atoms with van der Waals surface area (Å²) in [5, 5.41) is 11.3. The number of aliphatic imine (C=N–C) groups is 2. The van der Waals surface area contributed by atoms with Gasteiger partial charge in [-0.2, -0.15) is 4.99 Å². The summed E-state index contributed by atoms with van der Waals surface area (Å²) in [6.07, 6.45) is 4.15. The van der Waals surface area contributed by atoms with Crippen LogP contribution in [0.25, 0.3) is 0 Å². The number of nitrogens with two attached hydrogens (primary N) is 2. The van der Waals surface area contributed by atoms with Crippen molar-refractivity contribution in [2.45, 2.75) is 37.8 Å². The van der Waals surface area contributed by atoms with Crippen molar-refractivity contribution in [2.75, 3.05) is 4.90 Å². The van der Waals surface area contributed by atoms with E-state index in [0.717, 1.165) is 31.4 Å². The Morgan fingerprint density at radius 1 is 1.26 bits per heavy atom. The average molecular weight is 320 g/mol. The summed E-state index contributed by atoms with van der Waals surface area (Å²) in [5.74, 6) is -0.590. The number of hydrogen-bond acceptors (Lipinski definition) is 7. The van der Waals surface area contributed by atoms with Crippen LogP contribution in [0.5, 0.6) is 0 Å². The highest BCUT2D eigenvalue weighted by molar-refractivity contribution is 6.06. The molecule has 1 heterocycles. The third-order valence-corrected chi connectivity index (χ3v) is 4.23. The van der Waals surface area contributed by atoms with Crippen LogP contribution in [0.15, 0.2) is 28.2 Å². The molecular formula is C14H17FN6O2. The molecule has 1 spiro atoms. The molecule has 0 amide bonds. The largest absolute Gasteiger partial charge is 0.369 e. The molecule has 1 fully saturated rings. The maximum atomic E-state index is 13.4. The second kappa shape index (κ2) is 5.49. The van der Waals surface area contributed by atoms with E-state index >= 15 is 0 Å². The van der Waals surface area contributed by atoms with Gasteiger partial charge >= 0.3 is 0 Å². The molecular weight excluding hydrogens is 303 g/mol. The molecule has 0 unspecified atom stereocenters. The van der Waals surface area contributed by atoms with E-state index in [1.807, 2.05) is 0 Å². The van der Waals surface area contributed by atoms with Crippen LogP contribution in [-0.4, -0.2) is 22.5 Å². The van der Waals surface area contributed by atoms with Crippen molar-refractivity contribution in [2.24, 2.45) is 21.5 Å². The van der Waals surface area contributed by atoms with E-state index in [-0.39, 0.29) is 23.3 Å². The van der Waals surface area contributed by atoms with E-state index in [0.29, 0.717) is 12.8 Å². The Kier molecular flexibility index (Phi) is 3.63. The molecule has 8 nitrogen and oxygen atoms in total. The molecule has 0 atom stereocenters. The lowest BCUT2D eigenvalue weighted by Crippen LogP contribution is -2.58. The molecule has 0 bridgehead atoms. The lowest BCUT2D eigenvalue weighted by Gasteiger charge is -2.45. The van der Waals surface area contributed by atoms with Gasteiger partial charge in [-0.25, -0.2) is 9.38 Å². The van der Waals surface area contributed by atoms with Gasteiger partial charge in [-0.3, -0.25) is 15.0 Å². The predicted octanol–water partition coefficient (Wildman–Crippen LogP) is 1.84. The fourth-order valence-corrected chi connectivity index (χ4v) is 3.30. The Bertz CT molecular complexity index is 711. The molecule has 3 rings (SSSR count). The average Bonchev–Trinajstić information content (AvgIpc) is 2.48. The third kappa shape index (κ3) is 2.58. The van der Waals surface area contributed by atoms with Crippen molar-refractivity contribution in [3.05, 3.63) is 34.1 Å². The normalized spacial score (nSPS) is 20.1. The molecule has 1 aromatic carbocycles. The molecule has 1 aliphatic heterocycles. The quantitative estimate of drug-likeness (QED) is 0.635. The fraction of sp³-hybridized carbons (Fsp3) is 0.429. The van der Waals surface area contributed by atoms with Crippen LogP contribution in [0.2, 0.25) is 0 Å². The first-order valence-electron chi connectivity index (χ1n) is 7.37. The maximum Gasteiger partial charge on any atom is 0.295 e. The number of hydrogen-bond donors (Lipinski definition) is 2. The number of nitro groups is 1. The Hall–Kier alpha value is -2.71. The molecule has 1 aromatic rings. The van der Waals surface area contributed by atoms with Crippen molar-refractivity contribution >= 4 is 23.3 Å². The van der Waals surface area contributed by atoms with Gasteiger partial charge in [0.1, 0.15) is 17.2 Å². The van der Waals surface area contributed by atoms with E-state index in [4.69, 9.17) is 11.5 Å². The number of nitro benzene ring substituents is 1. The minimum absolute atomic E-state index is 0.0362. The van der Waals surface area contributed by atoms with Gasteiger partial charge in [0.05, 0.1) is 11.0 Å². The van der Waals surface area contributed by atoms with Gasteiger partial charge < -0.3 is 11.5 Å². The number of anilines is 1. The summed E-state index contributed by atoms with van der Waals surface area (Å²) in [6, 6.07) is 3.37. The lowest BCUT2D eigenvalue weighted by atomic mass is 9.87. The van der Waals surface area contributed by atoms with Gasteiger partial charge in [-0.05, 0) is 37.8 Å². The molecule has 0 aromatic heterocycles. The molecule has 122 valence electrons. The zero-order valence-electron chi connectivity index (χ0n) is 12.4. The van der Waals surface area contributed by atoms with Crippen molar-refractivity contribution < 1.29 is 9.31 Å². The summed E-state index contributed by atoms with van der Waals surface area (Å²) >= 11 is 0. The predicted molar refractivity (Wildman–Crippen MR) is 84.6 cm³/mol. The van der Waals surface area contributed by atoms with Gasteiger partial charge in [-0.15, -0.1) is 0 Å². The standard InChI is InChI=1S/C14H17FN6O2/c15-9-4-5-10(11(8-9)21(22)23)20-13(17)18-12(16)19-14(20)6-2-1-3-7-14/h4-5,8H,1-3,6-7H2,(H4,16,17,18,19). The summed E-state index contributed by atoms with van der Waals surface area (Å²) in [7, 11) is 0. The molecule has 0 saturated heterocycles. The molecule has 1 saturated carbocycles. The monoisotopic (exact) mass is 320 g/mol. The van der Waals surface area contributed by atoms with Gasteiger partial charge in [0.15, 0.2) is 0 Å². The Labute approximate surface area is 131 Å². The van der Waals surface area contributed by atoms with E-state index in [2.05, 4.69) is 9.98 Å². The second-order valence-corrected chi connectivity index (χ2v) is 5.71. The first-order valence-corrected chi connectivity index (χ1v) is 7.37. The zero-order chi connectivity index (χ0) is 16.6. The Morgan fingerprint density at radius 3 is 2.61 bits per heavy atom. The highest BCUT2D eigenvalue weighted by atomic mass is 19.1. The van der Waals surface area contributed by atoms with Gasteiger partial charge in [0.25, 0.3) is 5.69 Å².